The molecule has 4 aromatic rings. The second-order valence-electron chi connectivity index (χ2n) is 6.90. The highest BCUT2D eigenvalue weighted by molar-refractivity contribution is 5.41. The number of hydrogen-bond acceptors (Lipinski definition) is 3. The van der Waals surface area contributed by atoms with E-state index in [0.717, 1.165) is 22.5 Å². The summed E-state index contributed by atoms with van der Waals surface area (Å²) in [7, 11) is 0. The van der Waals surface area contributed by atoms with E-state index >= 15 is 0 Å². The van der Waals surface area contributed by atoms with Crippen molar-refractivity contribution in [1.82, 2.24) is 24.9 Å². The molecule has 7 heteroatoms. The van der Waals surface area contributed by atoms with Gasteiger partial charge in [0.2, 0.25) is 0 Å². The SMILES string of the molecule is Cc1c([C@@H](C)NCc2cc(F)ccc2-n2cccn2)cnn1-c1cccc(F)c1. The average molecular weight is 393 g/mol. The Labute approximate surface area is 167 Å². The van der Waals surface area contributed by atoms with Gasteiger partial charge in [0, 0.05) is 36.2 Å². The van der Waals surface area contributed by atoms with Crippen LogP contribution < -0.4 is 5.32 Å². The van der Waals surface area contributed by atoms with E-state index in [2.05, 4.69) is 15.5 Å². The monoisotopic (exact) mass is 393 g/mol. The summed E-state index contributed by atoms with van der Waals surface area (Å²) < 4.78 is 30.8. The van der Waals surface area contributed by atoms with Gasteiger partial charge in [0.15, 0.2) is 0 Å². The molecule has 0 aliphatic rings. The topological polar surface area (TPSA) is 47.7 Å². The Balaban J connectivity index is 1.54. The Kier molecular flexibility index (Phi) is 5.22. The summed E-state index contributed by atoms with van der Waals surface area (Å²) >= 11 is 0. The minimum atomic E-state index is -0.303. The van der Waals surface area contributed by atoms with Gasteiger partial charge in [-0.2, -0.15) is 10.2 Å². The van der Waals surface area contributed by atoms with E-state index in [1.165, 1.54) is 24.3 Å². The van der Waals surface area contributed by atoms with Crippen LogP contribution in [0.3, 0.4) is 0 Å². The van der Waals surface area contributed by atoms with Crippen molar-refractivity contribution < 1.29 is 8.78 Å². The van der Waals surface area contributed by atoms with Crippen molar-refractivity contribution in [2.75, 3.05) is 0 Å². The molecule has 0 saturated carbocycles. The van der Waals surface area contributed by atoms with Crippen molar-refractivity contribution in [2.24, 2.45) is 0 Å². The Morgan fingerprint density at radius 3 is 2.62 bits per heavy atom. The third kappa shape index (κ3) is 3.95. The molecule has 0 aliphatic heterocycles. The Hall–Kier alpha value is -3.32. The third-order valence-electron chi connectivity index (χ3n) is 4.96. The molecular formula is C22H21F2N5. The first kappa shape index (κ1) is 19.0. The molecule has 0 unspecified atom stereocenters. The van der Waals surface area contributed by atoms with Crippen LogP contribution in [-0.2, 0) is 6.54 Å². The van der Waals surface area contributed by atoms with Gasteiger partial charge in [-0.1, -0.05) is 6.07 Å². The number of nitrogens with one attached hydrogen (secondary N) is 1. The van der Waals surface area contributed by atoms with Crippen LogP contribution in [0.15, 0.2) is 67.1 Å². The molecule has 2 heterocycles. The molecule has 0 aliphatic carbocycles. The molecule has 1 atom stereocenters. The molecule has 0 saturated heterocycles. The van der Waals surface area contributed by atoms with Gasteiger partial charge in [-0.05, 0) is 61.9 Å². The predicted molar refractivity (Wildman–Crippen MR) is 107 cm³/mol. The standard InChI is InChI=1S/C22H21F2N5/c1-15(21-14-27-29(16(21)2)20-6-3-5-18(23)12-20)25-13-17-11-19(24)7-8-22(17)28-10-4-9-26-28/h3-12,14-15,25H,13H2,1-2H3/t15-/m1/s1. The van der Waals surface area contributed by atoms with E-state index < -0.39 is 0 Å². The van der Waals surface area contributed by atoms with Gasteiger partial charge in [0.1, 0.15) is 11.6 Å². The zero-order valence-corrected chi connectivity index (χ0v) is 16.2. The fourth-order valence-electron chi connectivity index (χ4n) is 3.42. The highest BCUT2D eigenvalue weighted by atomic mass is 19.1. The van der Waals surface area contributed by atoms with Gasteiger partial charge in [-0.15, -0.1) is 0 Å². The summed E-state index contributed by atoms with van der Waals surface area (Å²) in [5.41, 5.74) is 4.21. The van der Waals surface area contributed by atoms with Crippen LogP contribution in [0.4, 0.5) is 8.78 Å². The normalized spacial score (nSPS) is 12.3. The molecule has 5 nitrogen and oxygen atoms in total. The Morgan fingerprint density at radius 2 is 1.86 bits per heavy atom. The second kappa shape index (κ2) is 7.97. The fraction of sp³-hybridized carbons (Fsp3) is 0.182. The van der Waals surface area contributed by atoms with Crippen LogP contribution in [0.1, 0.15) is 29.8 Å². The summed E-state index contributed by atoms with van der Waals surface area (Å²) in [6, 6.07) is 12.8. The predicted octanol–water partition coefficient (Wildman–Crippen LogP) is 4.50. The lowest BCUT2D eigenvalue weighted by Gasteiger charge is -2.16. The molecular weight excluding hydrogens is 372 g/mol. The lowest BCUT2D eigenvalue weighted by Crippen LogP contribution is -2.20. The largest absolute Gasteiger partial charge is 0.306 e. The number of aromatic nitrogens is 4. The minimum Gasteiger partial charge on any atom is -0.306 e. The smallest absolute Gasteiger partial charge is 0.125 e. The lowest BCUT2D eigenvalue weighted by molar-refractivity contribution is 0.564. The van der Waals surface area contributed by atoms with E-state index in [0.29, 0.717) is 12.2 Å². The molecule has 0 radical (unpaired) electrons. The quantitative estimate of drug-likeness (QED) is 0.525. The van der Waals surface area contributed by atoms with Crippen molar-refractivity contribution in [2.45, 2.75) is 26.4 Å². The number of nitrogens with zero attached hydrogens (tertiary/aromatic N) is 4. The molecule has 0 amide bonds. The number of halogens is 2. The third-order valence-corrected chi connectivity index (χ3v) is 4.96. The maximum Gasteiger partial charge on any atom is 0.125 e. The molecule has 2 aromatic heterocycles. The molecule has 4 rings (SSSR count). The summed E-state index contributed by atoms with van der Waals surface area (Å²) in [5, 5.41) is 12.1. The molecule has 0 bridgehead atoms. The van der Waals surface area contributed by atoms with Crippen molar-refractivity contribution in [3.05, 3.63) is 95.6 Å². The summed E-state index contributed by atoms with van der Waals surface area (Å²) in [4.78, 5) is 0. The summed E-state index contributed by atoms with van der Waals surface area (Å²) in [6.07, 6.45) is 5.29. The van der Waals surface area contributed by atoms with Crippen LogP contribution in [-0.4, -0.2) is 19.6 Å². The van der Waals surface area contributed by atoms with E-state index in [4.69, 9.17) is 0 Å². The van der Waals surface area contributed by atoms with Crippen molar-refractivity contribution >= 4 is 0 Å². The van der Waals surface area contributed by atoms with Gasteiger partial charge >= 0.3 is 0 Å². The molecule has 1 N–H and O–H groups in total. The number of rotatable bonds is 6. The summed E-state index contributed by atoms with van der Waals surface area (Å²) in [6.45, 7) is 4.42. The van der Waals surface area contributed by atoms with Crippen LogP contribution in [0.2, 0.25) is 0 Å². The highest BCUT2D eigenvalue weighted by Crippen LogP contribution is 2.22. The zero-order chi connectivity index (χ0) is 20.4. The van der Waals surface area contributed by atoms with E-state index in [1.54, 1.807) is 33.9 Å². The van der Waals surface area contributed by atoms with Gasteiger partial charge < -0.3 is 5.32 Å². The lowest BCUT2D eigenvalue weighted by atomic mass is 10.1. The zero-order valence-electron chi connectivity index (χ0n) is 16.2. The first-order valence-corrected chi connectivity index (χ1v) is 9.35. The minimum absolute atomic E-state index is 0.0361. The van der Waals surface area contributed by atoms with E-state index in [9.17, 15) is 8.78 Å². The van der Waals surface area contributed by atoms with Crippen LogP contribution in [0.5, 0.6) is 0 Å². The first-order valence-electron chi connectivity index (χ1n) is 9.35. The highest BCUT2D eigenvalue weighted by Gasteiger charge is 2.15. The maximum absolute atomic E-state index is 13.8. The molecule has 0 fully saturated rings. The van der Waals surface area contributed by atoms with Gasteiger partial charge in [-0.3, -0.25) is 0 Å². The second-order valence-corrected chi connectivity index (χ2v) is 6.90. The number of hydrogen-bond donors (Lipinski definition) is 1. The van der Waals surface area contributed by atoms with Crippen LogP contribution in [0, 0.1) is 18.6 Å². The number of benzene rings is 2. The van der Waals surface area contributed by atoms with Crippen molar-refractivity contribution in [3.63, 3.8) is 0 Å². The first-order chi connectivity index (χ1) is 14.0. The van der Waals surface area contributed by atoms with Crippen molar-refractivity contribution in [3.8, 4) is 11.4 Å². The van der Waals surface area contributed by atoms with Crippen LogP contribution in [0.25, 0.3) is 11.4 Å². The van der Waals surface area contributed by atoms with E-state index in [-0.39, 0.29) is 17.7 Å². The fourth-order valence-corrected chi connectivity index (χ4v) is 3.42. The molecule has 0 spiro atoms. The van der Waals surface area contributed by atoms with E-state index in [1.807, 2.05) is 32.2 Å². The molecule has 2 aromatic carbocycles. The average Bonchev–Trinajstić information content (AvgIpc) is 3.36. The van der Waals surface area contributed by atoms with Gasteiger partial charge in [0.05, 0.1) is 17.6 Å². The molecule has 148 valence electrons. The maximum atomic E-state index is 13.8. The Bertz CT molecular complexity index is 1120. The van der Waals surface area contributed by atoms with Crippen molar-refractivity contribution in [1.29, 1.82) is 0 Å². The van der Waals surface area contributed by atoms with Gasteiger partial charge in [0.25, 0.3) is 0 Å². The van der Waals surface area contributed by atoms with Crippen LogP contribution >= 0.6 is 0 Å². The Morgan fingerprint density at radius 1 is 1.03 bits per heavy atom. The molecule has 29 heavy (non-hydrogen) atoms. The summed E-state index contributed by atoms with van der Waals surface area (Å²) in [5.74, 6) is -0.595. The van der Waals surface area contributed by atoms with Gasteiger partial charge in [-0.25, -0.2) is 18.1 Å².